The van der Waals surface area contributed by atoms with Gasteiger partial charge in [0.1, 0.15) is 12.4 Å². The molecular formula is C20H27N3O2. The number of rotatable bonds is 10. The molecule has 0 aliphatic heterocycles. The molecule has 25 heavy (non-hydrogen) atoms. The van der Waals surface area contributed by atoms with E-state index in [2.05, 4.69) is 15.5 Å². The monoisotopic (exact) mass is 341 g/mol. The molecule has 1 amide bonds. The van der Waals surface area contributed by atoms with E-state index >= 15 is 0 Å². The zero-order chi connectivity index (χ0) is 17.9. The third-order valence-corrected chi connectivity index (χ3v) is 3.66. The van der Waals surface area contributed by atoms with Gasteiger partial charge in [-0.25, -0.2) is 0 Å². The number of nitrogens with zero attached hydrogens (tertiary/aromatic N) is 1. The lowest BCUT2D eigenvalue weighted by atomic mass is 10.2. The maximum absolute atomic E-state index is 11.8. The Morgan fingerprint density at radius 3 is 2.44 bits per heavy atom. The van der Waals surface area contributed by atoms with Gasteiger partial charge in [-0.15, -0.1) is 0 Å². The minimum absolute atomic E-state index is 0.00293. The molecular weight excluding hydrogens is 314 g/mol. The van der Waals surface area contributed by atoms with E-state index in [1.807, 2.05) is 68.7 Å². The van der Waals surface area contributed by atoms with E-state index in [9.17, 15) is 4.79 Å². The quantitative estimate of drug-likeness (QED) is 0.653. The van der Waals surface area contributed by atoms with E-state index < -0.39 is 0 Å². The molecule has 0 fully saturated rings. The first kappa shape index (κ1) is 18.8. The van der Waals surface area contributed by atoms with Crippen LogP contribution in [0.1, 0.15) is 12.0 Å². The maximum atomic E-state index is 11.8. The molecule has 0 radical (unpaired) electrons. The highest BCUT2D eigenvalue weighted by Gasteiger charge is 2.01. The van der Waals surface area contributed by atoms with Crippen molar-refractivity contribution in [2.24, 2.45) is 0 Å². The zero-order valence-corrected chi connectivity index (χ0v) is 15.0. The van der Waals surface area contributed by atoms with E-state index in [0.29, 0.717) is 13.2 Å². The van der Waals surface area contributed by atoms with Crippen molar-refractivity contribution in [3.05, 3.63) is 60.2 Å². The highest BCUT2D eigenvalue weighted by Crippen LogP contribution is 2.16. The minimum atomic E-state index is 0.00293. The van der Waals surface area contributed by atoms with Gasteiger partial charge in [0.25, 0.3) is 0 Å². The van der Waals surface area contributed by atoms with Crippen LogP contribution in [0.15, 0.2) is 54.6 Å². The van der Waals surface area contributed by atoms with Gasteiger partial charge in [0, 0.05) is 12.2 Å². The van der Waals surface area contributed by atoms with E-state index in [0.717, 1.165) is 30.0 Å². The number of ether oxygens (including phenoxy) is 1. The van der Waals surface area contributed by atoms with E-state index in [1.165, 1.54) is 0 Å². The Labute approximate surface area is 150 Å². The van der Waals surface area contributed by atoms with Gasteiger partial charge in [-0.1, -0.05) is 30.3 Å². The summed E-state index contributed by atoms with van der Waals surface area (Å²) in [5.74, 6) is 0.811. The molecule has 0 bridgehead atoms. The summed E-state index contributed by atoms with van der Waals surface area (Å²) in [6.07, 6.45) is 0.951. The fourth-order valence-electron chi connectivity index (χ4n) is 2.28. The second-order valence-electron chi connectivity index (χ2n) is 6.16. The van der Waals surface area contributed by atoms with E-state index in [-0.39, 0.29) is 12.5 Å². The van der Waals surface area contributed by atoms with Crippen LogP contribution < -0.4 is 15.4 Å². The van der Waals surface area contributed by atoms with Crippen molar-refractivity contribution >= 4 is 11.6 Å². The predicted molar refractivity (Wildman–Crippen MR) is 102 cm³/mol. The Hall–Kier alpha value is -2.53. The highest BCUT2D eigenvalue weighted by atomic mass is 16.5. The molecule has 2 aromatic carbocycles. The normalized spacial score (nSPS) is 10.5. The van der Waals surface area contributed by atoms with Crippen molar-refractivity contribution in [1.82, 2.24) is 10.2 Å². The number of carbonyl (C=O) groups is 1. The smallest absolute Gasteiger partial charge is 0.239 e. The fourth-order valence-corrected chi connectivity index (χ4v) is 2.28. The molecule has 5 nitrogen and oxygen atoms in total. The van der Waals surface area contributed by atoms with Crippen molar-refractivity contribution in [1.29, 1.82) is 0 Å². The van der Waals surface area contributed by atoms with Gasteiger partial charge >= 0.3 is 0 Å². The molecule has 0 saturated carbocycles. The zero-order valence-electron chi connectivity index (χ0n) is 15.0. The third-order valence-electron chi connectivity index (χ3n) is 3.66. The number of hydrogen-bond donors (Lipinski definition) is 2. The summed E-state index contributed by atoms with van der Waals surface area (Å²) in [6.45, 7) is 2.48. The Bertz CT molecular complexity index is 627. The van der Waals surface area contributed by atoms with Crippen molar-refractivity contribution in [3.63, 3.8) is 0 Å². The molecule has 134 valence electrons. The average molecular weight is 341 g/mol. The van der Waals surface area contributed by atoms with Crippen LogP contribution in [-0.2, 0) is 11.4 Å². The van der Waals surface area contributed by atoms with Crippen LogP contribution in [0.3, 0.4) is 0 Å². The van der Waals surface area contributed by atoms with Crippen LogP contribution in [-0.4, -0.2) is 44.5 Å². The molecule has 2 N–H and O–H groups in total. The molecule has 0 saturated heterocycles. The Kier molecular flexibility index (Phi) is 7.79. The largest absolute Gasteiger partial charge is 0.489 e. The second kappa shape index (κ2) is 10.4. The lowest BCUT2D eigenvalue weighted by molar-refractivity contribution is -0.119. The molecule has 0 aliphatic rings. The molecule has 0 atom stereocenters. The van der Waals surface area contributed by atoms with Crippen LogP contribution in [0.25, 0.3) is 0 Å². The van der Waals surface area contributed by atoms with Gasteiger partial charge in [0.05, 0.1) is 6.54 Å². The van der Waals surface area contributed by atoms with Crippen molar-refractivity contribution < 1.29 is 9.53 Å². The van der Waals surface area contributed by atoms with E-state index in [1.54, 1.807) is 0 Å². The third kappa shape index (κ3) is 7.72. The Balaban J connectivity index is 1.67. The fraction of sp³-hybridized carbons (Fsp3) is 0.350. The average Bonchev–Trinajstić information content (AvgIpc) is 2.63. The SMILES string of the molecule is CN(C)CCCNC(=O)CNc1ccc(OCc2ccccc2)cc1. The summed E-state index contributed by atoms with van der Waals surface area (Å²) in [5.41, 5.74) is 2.03. The summed E-state index contributed by atoms with van der Waals surface area (Å²) < 4.78 is 5.75. The second-order valence-corrected chi connectivity index (χ2v) is 6.16. The highest BCUT2D eigenvalue weighted by molar-refractivity contribution is 5.80. The van der Waals surface area contributed by atoms with Crippen LogP contribution in [0.4, 0.5) is 5.69 Å². The molecule has 5 heteroatoms. The van der Waals surface area contributed by atoms with Gasteiger partial charge < -0.3 is 20.3 Å². The Morgan fingerprint density at radius 2 is 1.76 bits per heavy atom. The molecule has 0 heterocycles. The summed E-state index contributed by atoms with van der Waals surface area (Å²) in [4.78, 5) is 13.9. The van der Waals surface area contributed by atoms with Gasteiger partial charge in [-0.05, 0) is 56.9 Å². The standard InChI is InChI=1S/C20H27N3O2/c1-23(2)14-6-13-21-20(24)15-22-18-9-11-19(12-10-18)25-16-17-7-4-3-5-8-17/h3-5,7-12,22H,6,13-16H2,1-2H3,(H,21,24). The summed E-state index contributed by atoms with van der Waals surface area (Å²) in [7, 11) is 4.05. The van der Waals surface area contributed by atoms with Gasteiger partial charge in [-0.2, -0.15) is 0 Å². The topological polar surface area (TPSA) is 53.6 Å². The number of anilines is 1. The lowest BCUT2D eigenvalue weighted by Gasteiger charge is -2.11. The van der Waals surface area contributed by atoms with Crippen LogP contribution in [0.2, 0.25) is 0 Å². The number of benzene rings is 2. The van der Waals surface area contributed by atoms with Gasteiger partial charge in [0.15, 0.2) is 0 Å². The lowest BCUT2D eigenvalue weighted by Crippen LogP contribution is -2.31. The van der Waals surface area contributed by atoms with Crippen molar-refractivity contribution in [3.8, 4) is 5.75 Å². The molecule has 0 spiro atoms. The first-order valence-corrected chi connectivity index (χ1v) is 8.55. The predicted octanol–water partition coefficient (Wildman–Crippen LogP) is 2.75. The van der Waals surface area contributed by atoms with Crippen LogP contribution in [0.5, 0.6) is 5.75 Å². The molecule has 2 rings (SSSR count). The molecule has 0 aliphatic carbocycles. The van der Waals surface area contributed by atoms with Crippen LogP contribution >= 0.6 is 0 Å². The van der Waals surface area contributed by atoms with Crippen LogP contribution in [0, 0.1) is 0 Å². The van der Waals surface area contributed by atoms with Gasteiger partial charge in [0.2, 0.25) is 5.91 Å². The number of amides is 1. The summed E-state index contributed by atoms with van der Waals surface area (Å²) >= 11 is 0. The molecule has 0 unspecified atom stereocenters. The summed E-state index contributed by atoms with van der Waals surface area (Å²) in [6, 6.07) is 17.7. The number of hydrogen-bond acceptors (Lipinski definition) is 4. The maximum Gasteiger partial charge on any atom is 0.239 e. The summed E-state index contributed by atoms with van der Waals surface area (Å²) in [5, 5.41) is 6.02. The molecule has 2 aromatic rings. The number of carbonyl (C=O) groups excluding carboxylic acids is 1. The van der Waals surface area contributed by atoms with Gasteiger partial charge in [-0.3, -0.25) is 4.79 Å². The first-order chi connectivity index (χ1) is 12.1. The van der Waals surface area contributed by atoms with E-state index in [4.69, 9.17) is 4.74 Å². The van der Waals surface area contributed by atoms with Crippen molar-refractivity contribution in [2.75, 3.05) is 39.0 Å². The minimum Gasteiger partial charge on any atom is -0.489 e. The van der Waals surface area contributed by atoms with Crippen molar-refractivity contribution in [2.45, 2.75) is 13.0 Å². The first-order valence-electron chi connectivity index (χ1n) is 8.55. The number of nitrogens with one attached hydrogen (secondary N) is 2. The molecule has 0 aromatic heterocycles. The Morgan fingerprint density at radius 1 is 1.04 bits per heavy atom.